The number of rotatable bonds is 6. The molecule has 1 aromatic heterocycles. The van der Waals surface area contributed by atoms with Gasteiger partial charge in [-0.15, -0.1) is 13.2 Å². The Morgan fingerprint density at radius 2 is 1.80 bits per heavy atom. The molecule has 1 saturated heterocycles. The number of nitrogens with zero attached hydrogens (tertiary/aromatic N) is 4. The third-order valence-corrected chi connectivity index (χ3v) is 7.62. The highest BCUT2D eigenvalue weighted by Crippen LogP contribution is 2.47. The summed E-state index contributed by atoms with van der Waals surface area (Å²) in [6.07, 6.45) is -2.51. The van der Waals surface area contributed by atoms with E-state index in [2.05, 4.69) is 26.7 Å². The lowest BCUT2D eigenvalue weighted by Crippen LogP contribution is -2.42. The fraction of sp³-hybridized carbons (Fsp3) is 0.467. The highest BCUT2D eigenvalue weighted by molar-refractivity contribution is 5.76. The Kier molecular flexibility index (Phi) is 8.09. The van der Waals surface area contributed by atoms with Crippen LogP contribution in [0.3, 0.4) is 0 Å². The van der Waals surface area contributed by atoms with Crippen LogP contribution in [-0.2, 0) is 6.42 Å². The summed E-state index contributed by atoms with van der Waals surface area (Å²) in [5, 5.41) is 0. The maximum Gasteiger partial charge on any atom is 0.573 e. The number of hydrogen-bond donors (Lipinski definition) is 0. The molecule has 2 aliphatic rings. The van der Waals surface area contributed by atoms with Crippen LogP contribution in [0.4, 0.5) is 27.6 Å². The van der Waals surface area contributed by atoms with Crippen LogP contribution in [-0.4, -0.2) is 60.1 Å². The van der Waals surface area contributed by atoms with Gasteiger partial charge in [0.2, 0.25) is 0 Å². The fourth-order valence-corrected chi connectivity index (χ4v) is 5.56. The smallest absolute Gasteiger partial charge is 0.483 e. The quantitative estimate of drug-likeness (QED) is 0.304. The Hall–Kier alpha value is -3.47. The maximum atomic E-state index is 15.1. The van der Waals surface area contributed by atoms with Crippen LogP contribution in [0.5, 0.6) is 11.5 Å². The van der Waals surface area contributed by atoms with Crippen molar-refractivity contribution in [1.29, 1.82) is 0 Å². The summed E-state index contributed by atoms with van der Waals surface area (Å²) in [5.74, 6) is -1.39. The predicted molar refractivity (Wildman–Crippen MR) is 145 cm³/mol. The molecular weight excluding hydrogens is 543 g/mol. The van der Waals surface area contributed by atoms with Gasteiger partial charge in [0.1, 0.15) is 23.4 Å². The average Bonchev–Trinajstić information content (AvgIpc) is 2.89. The number of hydrogen-bond acceptors (Lipinski definition) is 6. The molecule has 2 aromatic carbocycles. The molecule has 0 amide bonds. The van der Waals surface area contributed by atoms with E-state index in [-0.39, 0.29) is 53.1 Å². The summed E-state index contributed by atoms with van der Waals surface area (Å²) in [4.78, 5) is 12.5. The molecule has 41 heavy (non-hydrogen) atoms. The zero-order chi connectivity index (χ0) is 29.5. The SMILES string of the molecule is CC1CN(C(C)C)c2cc(-c3nc(Cc4ccc(C5CCN(C)CC5)c(F)c4)ncc3F)cc(OC(F)(F)F)c2O1. The molecule has 0 radical (unpaired) electrons. The highest BCUT2D eigenvalue weighted by Gasteiger charge is 2.36. The third-order valence-electron chi connectivity index (χ3n) is 7.62. The van der Waals surface area contributed by atoms with Crippen molar-refractivity contribution in [3.8, 4) is 22.8 Å². The molecule has 0 N–H and O–H groups in total. The van der Waals surface area contributed by atoms with Crippen molar-refractivity contribution in [3.63, 3.8) is 0 Å². The second kappa shape index (κ2) is 11.4. The third kappa shape index (κ3) is 6.55. The lowest BCUT2D eigenvalue weighted by Gasteiger charge is -2.38. The molecule has 220 valence electrons. The van der Waals surface area contributed by atoms with Crippen molar-refractivity contribution < 1.29 is 31.4 Å². The topological polar surface area (TPSA) is 50.7 Å². The standard InChI is InChI=1S/C30H33F5N4O2/c1-17(2)39-16-18(3)40-29-25(39)13-21(14-26(29)41-30(33,34)35)28-24(32)15-36-27(37-28)12-19-5-6-22(23(31)11-19)20-7-9-38(4)10-8-20/h5-6,11,13-15,17-18,20H,7-10,12,16H2,1-4H3. The van der Waals surface area contributed by atoms with Gasteiger partial charge in [-0.05, 0) is 89.0 Å². The van der Waals surface area contributed by atoms with Gasteiger partial charge >= 0.3 is 6.36 Å². The van der Waals surface area contributed by atoms with Crippen LogP contribution in [0.1, 0.15) is 56.5 Å². The van der Waals surface area contributed by atoms with E-state index in [4.69, 9.17) is 4.74 Å². The molecule has 0 aliphatic carbocycles. The molecule has 6 nitrogen and oxygen atoms in total. The lowest BCUT2D eigenvalue weighted by molar-refractivity contribution is -0.275. The molecule has 1 atom stereocenters. The predicted octanol–water partition coefficient (Wildman–Crippen LogP) is 6.72. The van der Waals surface area contributed by atoms with Crippen LogP contribution in [0, 0.1) is 11.6 Å². The van der Waals surface area contributed by atoms with Gasteiger partial charge in [0.05, 0.1) is 18.4 Å². The van der Waals surface area contributed by atoms with Gasteiger partial charge < -0.3 is 19.3 Å². The average molecular weight is 577 g/mol. The molecule has 11 heteroatoms. The minimum Gasteiger partial charge on any atom is -0.483 e. The van der Waals surface area contributed by atoms with Gasteiger partial charge in [0, 0.05) is 18.0 Å². The summed E-state index contributed by atoms with van der Waals surface area (Å²) in [6.45, 7) is 7.81. The van der Waals surface area contributed by atoms with E-state index < -0.39 is 17.9 Å². The first kappa shape index (κ1) is 29.0. The van der Waals surface area contributed by atoms with Gasteiger partial charge in [-0.3, -0.25) is 0 Å². The number of benzene rings is 2. The molecule has 5 rings (SSSR count). The maximum absolute atomic E-state index is 15.1. The molecule has 0 bridgehead atoms. The van der Waals surface area contributed by atoms with Crippen LogP contribution < -0.4 is 14.4 Å². The van der Waals surface area contributed by atoms with Crippen molar-refractivity contribution in [2.75, 3.05) is 31.6 Å². The zero-order valence-corrected chi connectivity index (χ0v) is 23.4. The van der Waals surface area contributed by atoms with E-state index >= 15 is 8.78 Å². The number of fused-ring (bicyclic) bond motifs is 1. The van der Waals surface area contributed by atoms with Gasteiger partial charge in [-0.1, -0.05) is 12.1 Å². The van der Waals surface area contributed by atoms with Crippen LogP contribution in [0.15, 0.2) is 36.5 Å². The van der Waals surface area contributed by atoms with Crippen molar-refractivity contribution in [2.24, 2.45) is 0 Å². The van der Waals surface area contributed by atoms with Crippen LogP contribution in [0.25, 0.3) is 11.3 Å². The fourth-order valence-electron chi connectivity index (χ4n) is 5.56. The molecule has 3 heterocycles. The largest absolute Gasteiger partial charge is 0.573 e. The van der Waals surface area contributed by atoms with Gasteiger partial charge in [-0.2, -0.15) is 0 Å². The minimum absolute atomic E-state index is 0.0617. The molecule has 1 fully saturated rings. The second-order valence-electron chi connectivity index (χ2n) is 11.1. The Morgan fingerprint density at radius 1 is 1.07 bits per heavy atom. The van der Waals surface area contributed by atoms with Crippen molar-refractivity contribution >= 4 is 5.69 Å². The first-order chi connectivity index (χ1) is 19.4. The van der Waals surface area contributed by atoms with Crippen molar-refractivity contribution in [3.05, 3.63) is 65.1 Å². The number of piperidine rings is 1. The van der Waals surface area contributed by atoms with Gasteiger partial charge in [0.25, 0.3) is 0 Å². The van der Waals surface area contributed by atoms with E-state index in [0.29, 0.717) is 23.4 Å². The van der Waals surface area contributed by atoms with E-state index in [1.807, 2.05) is 24.8 Å². The van der Waals surface area contributed by atoms with Crippen LogP contribution >= 0.6 is 0 Å². The molecule has 2 aliphatic heterocycles. The van der Waals surface area contributed by atoms with E-state index in [9.17, 15) is 13.2 Å². The van der Waals surface area contributed by atoms with E-state index in [1.54, 1.807) is 19.1 Å². The van der Waals surface area contributed by atoms with Crippen LogP contribution in [0.2, 0.25) is 0 Å². The molecule has 1 unspecified atom stereocenters. The number of halogens is 5. The Balaban J connectivity index is 1.48. The minimum atomic E-state index is -4.99. The molecular formula is C30H33F5N4O2. The van der Waals surface area contributed by atoms with Crippen molar-refractivity contribution in [2.45, 2.75) is 64.5 Å². The number of anilines is 1. The zero-order valence-electron chi connectivity index (χ0n) is 23.4. The highest BCUT2D eigenvalue weighted by atomic mass is 19.4. The summed E-state index contributed by atoms with van der Waals surface area (Å²) < 4.78 is 80.3. The first-order valence-corrected chi connectivity index (χ1v) is 13.7. The van der Waals surface area contributed by atoms with E-state index in [1.165, 1.54) is 6.07 Å². The number of aromatic nitrogens is 2. The van der Waals surface area contributed by atoms with Gasteiger partial charge in [0.15, 0.2) is 17.3 Å². The second-order valence-corrected chi connectivity index (χ2v) is 11.1. The molecule has 3 aromatic rings. The van der Waals surface area contributed by atoms with Crippen molar-refractivity contribution in [1.82, 2.24) is 14.9 Å². The van der Waals surface area contributed by atoms with Gasteiger partial charge in [-0.25, -0.2) is 18.7 Å². The summed E-state index contributed by atoms with van der Waals surface area (Å²) in [5.41, 5.74) is 1.53. The lowest BCUT2D eigenvalue weighted by atomic mass is 9.88. The summed E-state index contributed by atoms with van der Waals surface area (Å²) in [6, 6.07) is 7.61. The number of ether oxygens (including phenoxy) is 2. The summed E-state index contributed by atoms with van der Waals surface area (Å²) in [7, 11) is 2.05. The number of alkyl halides is 3. The first-order valence-electron chi connectivity index (χ1n) is 13.7. The van der Waals surface area contributed by atoms with E-state index in [0.717, 1.165) is 38.2 Å². The normalized spacial score (nSPS) is 18.4. The molecule has 0 spiro atoms. The molecule has 0 saturated carbocycles. The summed E-state index contributed by atoms with van der Waals surface area (Å²) >= 11 is 0. The number of likely N-dealkylation sites (tertiary alicyclic amines) is 1. The monoisotopic (exact) mass is 576 g/mol. The Bertz CT molecular complexity index is 1410. The Labute approximate surface area is 236 Å². The Morgan fingerprint density at radius 3 is 2.46 bits per heavy atom.